The van der Waals surface area contributed by atoms with Crippen molar-refractivity contribution in [2.75, 3.05) is 17.1 Å². The van der Waals surface area contributed by atoms with Crippen molar-refractivity contribution in [3.63, 3.8) is 0 Å². The summed E-state index contributed by atoms with van der Waals surface area (Å²) in [5.74, 6) is 0.408. The maximum Gasteiger partial charge on any atom is 0.261 e. The van der Waals surface area contributed by atoms with Crippen molar-refractivity contribution in [2.45, 2.75) is 24.2 Å². The molecule has 0 unspecified atom stereocenters. The molecule has 25 heavy (non-hydrogen) atoms. The van der Waals surface area contributed by atoms with Crippen LogP contribution in [0.5, 0.6) is 5.75 Å². The van der Waals surface area contributed by atoms with Gasteiger partial charge in [-0.25, -0.2) is 8.42 Å². The molecule has 0 aliphatic carbocycles. The van der Waals surface area contributed by atoms with E-state index in [1.54, 1.807) is 24.3 Å². The smallest absolute Gasteiger partial charge is 0.261 e. The van der Waals surface area contributed by atoms with Crippen LogP contribution in [0.1, 0.15) is 18.4 Å². The van der Waals surface area contributed by atoms with Crippen LogP contribution in [0.4, 0.5) is 11.4 Å². The second-order valence-corrected chi connectivity index (χ2v) is 7.77. The average Bonchev–Trinajstić information content (AvgIpc) is 2.74. The molecular formula is C17H17ClN2O4S. The highest BCUT2D eigenvalue weighted by atomic mass is 35.5. The van der Waals surface area contributed by atoms with Gasteiger partial charge in [-0.1, -0.05) is 11.6 Å². The highest BCUT2D eigenvalue weighted by Gasteiger charge is 2.19. The van der Waals surface area contributed by atoms with Crippen LogP contribution in [0.25, 0.3) is 0 Å². The number of sulfonamides is 1. The zero-order valence-electron chi connectivity index (χ0n) is 13.5. The lowest BCUT2D eigenvalue weighted by Gasteiger charge is -2.12. The van der Waals surface area contributed by atoms with E-state index < -0.39 is 10.0 Å². The number of amides is 1. The minimum absolute atomic E-state index is 0.0552. The van der Waals surface area contributed by atoms with Crippen molar-refractivity contribution in [1.29, 1.82) is 0 Å². The summed E-state index contributed by atoms with van der Waals surface area (Å²) in [6.07, 6.45) is 1.76. The quantitative estimate of drug-likeness (QED) is 0.851. The van der Waals surface area contributed by atoms with Crippen LogP contribution in [-0.4, -0.2) is 21.4 Å². The molecule has 3 rings (SSSR count). The third-order valence-electron chi connectivity index (χ3n) is 3.92. The number of fused-ring (bicyclic) bond motifs is 1. The molecule has 0 saturated heterocycles. The highest BCUT2D eigenvalue weighted by molar-refractivity contribution is 7.92. The summed E-state index contributed by atoms with van der Waals surface area (Å²) in [5.41, 5.74) is 1.81. The molecule has 6 nitrogen and oxygen atoms in total. The van der Waals surface area contributed by atoms with Crippen molar-refractivity contribution in [3.8, 4) is 5.75 Å². The Bertz CT molecular complexity index is 928. The van der Waals surface area contributed by atoms with Crippen molar-refractivity contribution in [2.24, 2.45) is 0 Å². The number of nitrogens with one attached hydrogen (secondary N) is 2. The normalized spacial score (nSPS) is 14.2. The van der Waals surface area contributed by atoms with Gasteiger partial charge in [0.1, 0.15) is 5.75 Å². The van der Waals surface area contributed by atoms with Gasteiger partial charge in [0.25, 0.3) is 10.0 Å². The van der Waals surface area contributed by atoms with Crippen LogP contribution in [0, 0.1) is 0 Å². The molecular weight excluding hydrogens is 364 g/mol. The van der Waals surface area contributed by atoms with Crippen LogP contribution in [0.3, 0.4) is 0 Å². The molecule has 0 fully saturated rings. The van der Waals surface area contributed by atoms with Gasteiger partial charge in [-0.2, -0.15) is 0 Å². The third-order valence-corrected chi connectivity index (χ3v) is 5.59. The van der Waals surface area contributed by atoms with E-state index in [1.807, 2.05) is 0 Å². The molecule has 2 aromatic rings. The molecule has 0 spiro atoms. The summed E-state index contributed by atoms with van der Waals surface area (Å²) in [6.45, 7) is 0. The molecule has 0 bridgehead atoms. The molecule has 2 N–H and O–H groups in total. The Balaban J connectivity index is 1.89. The van der Waals surface area contributed by atoms with Crippen LogP contribution in [0.15, 0.2) is 41.3 Å². The number of methoxy groups -OCH3 is 1. The van der Waals surface area contributed by atoms with Gasteiger partial charge in [0.2, 0.25) is 5.91 Å². The van der Waals surface area contributed by atoms with E-state index in [0.29, 0.717) is 41.4 Å². The summed E-state index contributed by atoms with van der Waals surface area (Å²) in [6, 6.07) is 9.33. The zero-order valence-corrected chi connectivity index (χ0v) is 15.1. The molecule has 0 atom stereocenters. The Morgan fingerprint density at radius 3 is 2.68 bits per heavy atom. The average molecular weight is 381 g/mol. The largest absolute Gasteiger partial charge is 0.495 e. The van der Waals surface area contributed by atoms with Crippen molar-refractivity contribution in [1.82, 2.24) is 0 Å². The standard InChI is InChI=1S/C17H17ClN2O4S/c1-24-16-8-5-12(10-14(16)18)20-25(22,23)13-6-7-15-11(9-13)3-2-4-17(21)19-15/h5-10,20H,2-4H2,1H3,(H,19,21). The molecule has 2 aromatic carbocycles. The predicted molar refractivity (Wildman–Crippen MR) is 96.8 cm³/mol. The van der Waals surface area contributed by atoms with Crippen LogP contribution < -0.4 is 14.8 Å². The number of carbonyl (C=O) groups is 1. The number of rotatable bonds is 4. The number of ether oxygens (including phenoxy) is 1. The minimum Gasteiger partial charge on any atom is -0.495 e. The Kier molecular flexibility index (Phi) is 4.87. The number of anilines is 2. The van der Waals surface area contributed by atoms with Crippen LogP contribution in [0.2, 0.25) is 5.02 Å². The molecule has 0 saturated carbocycles. The fourth-order valence-electron chi connectivity index (χ4n) is 2.66. The van der Waals surface area contributed by atoms with Gasteiger partial charge in [0.05, 0.1) is 22.7 Å². The van der Waals surface area contributed by atoms with Gasteiger partial charge in [-0.3, -0.25) is 9.52 Å². The Morgan fingerprint density at radius 2 is 1.96 bits per heavy atom. The van der Waals surface area contributed by atoms with Gasteiger partial charge in [0.15, 0.2) is 0 Å². The van der Waals surface area contributed by atoms with E-state index in [9.17, 15) is 13.2 Å². The maximum atomic E-state index is 12.6. The summed E-state index contributed by atoms with van der Waals surface area (Å²) in [5, 5.41) is 3.10. The SMILES string of the molecule is COc1ccc(NS(=O)(=O)c2ccc3c(c2)CCCC(=O)N3)cc1Cl. The number of benzene rings is 2. The molecule has 8 heteroatoms. The molecule has 1 amide bonds. The van der Waals surface area contributed by atoms with Crippen molar-refractivity contribution >= 4 is 38.9 Å². The number of hydrogen-bond donors (Lipinski definition) is 2. The summed E-state index contributed by atoms with van der Waals surface area (Å²) in [7, 11) is -2.29. The van der Waals surface area contributed by atoms with Crippen LogP contribution >= 0.6 is 11.6 Å². The number of hydrogen-bond acceptors (Lipinski definition) is 4. The second kappa shape index (κ2) is 6.93. The lowest BCUT2D eigenvalue weighted by atomic mass is 10.1. The zero-order chi connectivity index (χ0) is 18.0. The molecule has 0 aromatic heterocycles. The van der Waals surface area contributed by atoms with Crippen LogP contribution in [-0.2, 0) is 21.2 Å². The molecule has 0 radical (unpaired) electrons. The van der Waals surface area contributed by atoms with Crippen molar-refractivity contribution < 1.29 is 17.9 Å². The predicted octanol–water partition coefficient (Wildman–Crippen LogP) is 3.42. The summed E-state index contributed by atoms with van der Waals surface area (Å²) >= 11 is 6.03. The van der Waals surface area contributed by atoms with E-state index >= 15 is 0 Å². The second-order valence-electron chi connectivity index (χ2n) is 5.68. The first-order chi connectivity index (χ1) is 11.9. The molecule has 1 heterocycles. The van der Waals surface area contributed by atoms with E-state index in [2.05, 4.69) is 10.0 Å². The van der Waals surface area contributed by atoms with Gasteiger partial charge >= 0.3 is 0 Å². The number of halogens is 1. The lowest BCUT2D eigenvalue weighted by Crippen LogP contribution is -2.14. The Hall–Kier alpha value is -2.25. The fourth-order valence-corrected chi connectivity index (χ4v) is 4.02. The summed E-state index contributed by atoms with van der Waals surface area (Å²) < 4.78 is 32.8. The minimum atomic E-state index is -3.77. The van der Waals surface area contributed by atoms with Gasteiger partial charge in [0, 0.05) is 12.1 Å². The lowest BCUT2D eigenvalue weighted by molar-refractivity contribution is -0.116. The first-order valence-electron chi connectivity index (χ1n) is 7.68. The first-order valence-corrected chi connectivity index (χ1v) is 9.54. The topological polar surface area (TPSA) is 84.5 Å². The van der Waals surface area contributed by atoms with Gasteiger partial charge in [-0.05, 0) is 54.8 Å². The number of carbonyl (C=O) groups excluding carboxylic acids is 1. The van der Waals surface area contributed by atoms with E-state index in [4.69, 9.17) is 16.3 Å². The van der Waals surface area contributed by atoms with E-state index in [-0.39, 0.29) is 10.8 Å². The maximum absolute atomic E-state index is 12.6. The third kappa shape index (κ3) is 3.88. The monoisotopic (exact) mass is 380 g/mol. The molecule has 132 valence electrons. The summed E-state index contributed by atoms with van der Waals surface area (Å²) in [4.78, 5) is 11.7. The van der Waals surface area contributed by atoms with Crippen molar-refractivity contribution in [3.05, 3.63) is 47.0 Å². The molecule has 1 aliphatic rings. The Labute approximate surface area is 151 Å². The first kappa shape index (κ1) is 17.6. The highest BCUT2D eigenvalue weighted by Crippen LogP contribution is 2.30. The number of aryl methyl sites for hydroxylation is 1. The van der Waals surface area contributed by atoms with E-state index in [1.165, 1.54) is 19.2 Å². The van der Waals surface area contributed by atoms with Gasteiger partial charge in [-0.15, -0.1) is 0 Å². The Morgan fingerprint density at radius 1 is 1.16 bits per heavy atom. The van der Waals surface area contributed by atoms with E-state index in [0.717, 1.165) is 5.56 Å². The molecule has 1 aliphatic heterocycles. The van der Waals surface area contributed by atoms with Gasteiger partial charge < -0.3 is 10.1 Å². The fraction of sp³-hybridized carbons (Fsp3) is 0.235.